The minimum Gasteiger partial charge on any atom is -0.382 e. The van der Waals surface area contributed by atoms with Crippen LogP contribution >= 0.6 is 0 Å². The van der Waals surface area contributed by atoms with Crippen molar-refractivity contribution in [3.63, 3.8) is 0 Å². The van der Waals surface area contributed by atoms with Crippen molar-refractivity contribution < 1.29 is 0 Å². The largest absolute Gasteiger partial charge is 0.382 e. The van der Waals surface area contributed by atoms with Crippen molar-refractivity contribution in [1.82, 2.24) is 15.2 Å². The van der Waals surface area contributed by atoms with E-state index >= 15 is 0 Å². The van der Waals surface area contributed by atoms with Crippen molar-refractivity contribution in [2.75, 3.05) is 5.32 Å². The molecular formula is C15H20N4. The molecular weight excluding hydrogens is 236 g/mol. The number of H-pyrrole nitrogens is 1. The first kappa shape index (κ1) is 12.2. The zero-order valence-corrected chi connectivity index (χ0v) is 11.5. The van der Waals surface area contributed by atoms with Gasteiger partial charge in [-0.1, -0.05) is 19.1 Å². The van der Waals surface area contributed by atoms with Crippen LogP contribution in [0.3, 0.4) is 0 Å². The molecule has 1 aliphatic rings. The Kier molecular flexibility index (Phi) is 3.23. The molecule has 1 heterocycles. The molecule has 19 heavy (non-hydrogen) atoms. The maximum absolute atomic E-state index is 4.42. The molecule has 1 saturated carbocycles. The van der Waals surface area contributed by atoms with Crippen molar-refractivity contribution in [3.8, 4) is 11.4 Å². The van der Waals surface area contributed by atoms with Crippen LogP contribution < -0.4 is 5.32 Å². The highest BCUT2D eigenvalue weighted by molar-refractivity contribution is 5.73. The molecule has 4 heteroatoms. The van der Waals surface area contributed by atoms with Crippen LogP contribution in [0.2, 0.25) is 0 Å². The predicted octanol–water partition coefficient (Wildman–Crippen LogP) is 3.38. The third kappa shape index (κ3) is 2.62. The number of hydrogen-bond donors (Lipinski definition) is 2. The summed E-state index contributed by atoms with van der Waals surface area (Å²) in [6.45, 7) is 4.25. The SMILES string of the molecule is Cc1nc(-c2ccccc2NC2CCC(C)C2)n[nH]1. The molecule has 1 aromatic heterocycles. The highest BCUT2D eigenvalue weighted by Crippen LogP contribution is 2.31. The Morgan fingerprint density at radius 3 is 2.79 bits per heavy atom. The second-order valence-corrected chi connectivity index (χ2v) is 5.55. The zero-order valence-electron chi connectivity index (χ0n) is 11.5. The van der Waals surface area contributed by atoms with Crippen molar-refractivity contribution in [2.24, 2.45) is 5.92 Å². The van der Waals surface area contributed by atoms with E-state index in [0.717, 1.165) is 28.8 Å². The topological polar surface area (TPSA) is 53.6 Å². The molecule has 0 radical (unpaired) electrons. The minimum atomic E-state index is 0.580. The van der Waals surface area contributed by atoms with Crippen LogP contribution in [-0.2, 0) is 0 Å². The van der Waals surface area contributed by atoms with Gasteiger partial charge in [0.15, 0.2) is 5.82 Å². The number of aromatic nitrogens is 3. The Hall–Kier alpha value is -1.84. The van der Waals surface area contributed by atoms with Gasteiger partial charge in [0.25, 0.3) is 0 Å². The van der Waals surface area contributed by atoms with Crippen LogP contribution in [0.25, 0.3) is 11.4 Å². The van der Waals surface area contributed by atoms with E-state index in [4.69, 9.17) is 0 Å². The first-order valence-corrected chi connectivity index (χ1v) is 6.97. The maximum atomic E-state index is 4.42. The lowest BCUT2D eigenvalue weighted by molar-refractivity contribution is 0.602. The summed E-state index contributed by atoms with van der Waals surface area (Å²) in [4.78, 5) is 4.42. The van der Waals surface area contributed by atoms with Crippen molar-refractivity contribution in [1.29, 1.82) is 0 Å². The van der Waals surface area contributed by atoms with Gasteiger partial charge in [-0.2, -0.15) is 5.10 Å². The summed E-state index contributed by atoms with van der Waals surface area (Å²) in [5.41, 5.74) is 2.21. The lowest BCUT2D eigenvalue weighted by Gasteiger charge is -2.16. The van der Waals surface area contributed by atoms with Gasteiger partial charge in [0.2, 0.25) is 0 Å². The van der Waals surface area contributed by atoms with E-state index in [1.54, 1.807) is 0 Å². The molecule has 4 nitrogen and oxygen atoms in total. The lowest BCUT2D eigenvalue weighted by Crippen LogP contribution is -2.15. The van der Waals surface area contributed by atoms with Crippen LogP contribution in [0.15, 0.2) is 24.3 Å². The van der Waals surface area contributed by atoms with Gasteiger partial charge < -0.3 is 5.32 Å². The molecule has 1 aromatic carbocycles. The smallest absolute Gasteiger partial charge is 0.183 e. The Bertz CT molecular complexity index is 561. The molecule has 100 valence electrons. The Morgan fingerprint density at radius 2 is 2.11 bits per heavy atom. The van der Waals surface area contributed by atoms with E-state index in [1.165, 1.54) is 19.3 Å². The molecule has 0 amide bonds. The number of aryl methyl sites for hydroxylation is 1. The molecule has 0 aliphatic heterocycles. The molecule has 1 fully saturated rings. The molecule has 0 bridgehead atoms. The number of hydrogen-bond acceptors (Lipinski definition) is 3. The molecule has 3 rings (SSSR count). The van der Waals surface area contributed by atoms with E-state index in [2.05, 4.69) is 45.6 Å². The summed E-state index contributed by atoms with van der Waals surface area (Å²) in [5, 5.41) is 10.8. The second-order valence-electron chi connectivity index (χ2n) is 5.55. The molecule has 2 aromatic rings. The number of nitrogens with zero attached hydrogens (tertiary/aromatic N) is 2. The summed E-state index contributed by atoms with van der Waals surface area (Å²) in [7, 11) is 0. The normalized spacial score (nSPS) is 22.6. The first-order valence-electron chi connectivity index (χ1n) is 6.97. The van der Waals surface area contributed by atoms with E-state index in [-0.39, 0.29) is 0 Å². The number of para-hydroxylation sites is 1. The number of aromatic amines is 1. The summed E-state index contributed by atoms with van der Waals surface area (Å²) < 4.78 is 0. The number of anilines is 1. The van der Waals surface area contributed by atoms with E-state index < -0.39 is 0 Å². The molecule has 1 aliphatic carbocycles. The molecule has 2 N–H and O–H groups in total. The zero-order chi connectivity index (χ0) is 13.2. The van der Waals surface area contributed by atoms with Crippen LogP contribution in [0.5, 0.6) is 0 Å². The van der Waals surface area contributed by atoms with Gasteiger partial charge in [-0.25, -0.2) is 4.98 Å². The van der Waals surface area contributed by atoms with Gasteiger partial charge >= 0.3 is 0 Å². The monoisotopic (exact) mass is 256 g/mol. The molecule has 2 atom stereocenters. The fourth-order valence-corrected chi connectivity index (χ4v) is 2.83. The maximum Gasteiger partial charge on any atom is 0.183 e. The predicted molar refractivity (Wildman–Crippen MR) is 77.0 cm³/mol. The first-order chi connectivity index (χ1) is 9.22. The summed E-state index contributed by atoms with van der Waals surface area (Å²) in [6.07, 6.45) is 3.82. The van der Waals surface area contributed by atoms with Crippen LogP contribution in [0, 0.1) is 12.8 Å². The fourth-order valence-electron chi connectivity index (χ4n) is 2.83. The minimum absolute atomic E-state index is 0.580. The third-order valence-corrected chi connectivity index (χ3v) is 3.82. The Morgan fingerprint density at radius 1 is 1.26 bits per heavy atom. The van der Waals surface area contributed by atoms with E-state index in [0.29, 0.717) is 6.04 Å². The van der Waals surface area contributed by atoms with Crippen LogP contribution in [-0.4, -0.2) is 21.2 Å². The van der Waals surface area contributed by atoms with Gasteiger partial charge in [-0.3, -0.25) is 5.10 Å². The number of rotatable bonds is 3. The third-order valence-electron chi connectivity index (χ3n) is 3.82. The molecule has 0 saturated heterocycles. The number of benzene rings is 1. The van der Waals surface area contributed by atoms with Gasteiger partial charge in [-0.05, 0) is 44.2 Å². The number of nitrogens with one attached hydrogen (secondary N) is 2. The Labute approximate surface area is 113 Å². The lowest BCUT2D eigenvalue weighted by atomic mass is 10.1. The molecule has 0 spiro atoms. The Balaban J connectivity index is 1.85. The van der Waals surface area contributed by atoms with Gasteiger partial charge in [0.1, 0.15) is 5.82 Å². The quantitative estimate of drug-likeness (QED) is 0.885. The van der Waals surface area contributed by atoms with E-state index in [9.17, 15) is 0 Å². The van der Waals surface area contributed by atoms with Gasteiger partial charge in [0, 0.05) is 17.3 Å². The average Bonchev–Trinajstić information content (AvgIpc) is 2.99. The van der Waals surface area contributed by atoms with Crippen molar-refractivity contribution >= 4 is 5.69 Å². The van der Waals surface area contributed by atoms with Crippen LogP contribution in [0.4, 0.5) is 5.69 Å². The van der Waals surface area contributed by atoms with Gasteiger partial charge in [0.05, 0.1) is 0 Å². The molecule has 2 unspecified atom stereocenters. The summed E-state index contributed by atoms with van der Waals surface area (Å²) in [6, 6.07) is 8.86. The second kappa shape index (κ2) is 5.03. The highest BCUT2D eigenvalue weighted by Gasteiger charge is 2.22. The average molecular weight is 256 g/mol. The standard InChI is InChI=1S/C15H20N4/c1-10-7-8-12(9-10)17-14-6-4-3-5-13(14)15-16-11(2)18-19-15/h3-6,10,12,17H,7-9H2,1-2H3,(H,16,18,19). The summed E-state index contributed by atoms with van der Waals surface area (Å²) in [5.74, 6) is 2.45. The van der Waals surface area contributed by atoms with Crippen molar-refractivity contribution in [2.45, 2.75) is 39.2 Å². The van der Waals surface area contributed by atoms with Gasteiger partial charge in [-0.15, -0.1) is 0 Å². The van der Waals surface area contributed by atoms with Crippen LogP contribution in [0.1, 0.15) is 32.0 Å². The fraction of sp³-hybridized carbons (Fsp3) is 0.467. The van der Waals surface area contributed by atoms with E-state index in [1.807, 2.05) is 13.0 Å². The highest BCUT2D eigenvalue weighted by atomic mass is 15.2. The summed E-state index contributed by atoms with van der Waals surface area (Å²) >= 11 is 0. The van der Waals surface area contributed by atoms with Crippen molar-refractivity contribution in [3.05, 3.63) is 30.1 Å².